The zero-order valence-electron chi connectivity index (χ0n) is 26.8. The summed E-state index contributed by atoms with van der Waals surface area (Å²) in [4.78, 5) is 32.9. The maximum absolute atomic E-state index is 14.3. The number of rotatable bonds is 11. The van der Waals surface area contributed by atoms with E-state index in [1.807, 2.05) is 44.2 Å². The number of methoxy groups -OCH3 is 2. The number of thiazole rings is 1. The van der Waals surface area contributed by atoms with E-state index >= 15 is 0 Å². The van der Waals surface area contributed by atoms with E-state index < -0.39 is 12.0 Å². The maximum atomic E-state index is 14.3. The molecule has 0 radical (unpaired) electrons. The molecule has 0 unspecified atom stereocenters. The van der Waals surface area contributed by atoms with E-state index in [4.69, 9.17) is 40.3 Å². The molecule has 12 heteroatoms. The summed E-state index contributed by atoms with van der Waals surface area (Å²) in [5, 5.41) is 0.634. The summed E-state index contributed by atoms with van der Waals surface area (Å²) >= 11 is 9.49. The predicted molar refractivity (Wildman–Crippen MR) is 191 cm³/mol. The molecule has 0 spiro atoms. The summed E-state index contributed by atoms with van der Waals surface area (Å²) in [6.07, 6.45) is 1.69. The van der Waals surface area contributed by atoms with Gasteiger partial charge in [-0.15, -0.1) is 0 Å². The highest BCUT2D eigenvalue weighted by Crippen LogP contribution is 2.37. The first-order chi connectivity index (χ1) is 22.5. The van der Waals surface area contributed by atoms with E-state index in [9.17, 15) is 9.59 Å². The first kappa shape index (κ1) is 34.5. The second-order valence-electron chi connectivity index (χ2n) is 10.8. The fourth-order valence-electron chi connectivity index (χ4n) is 5.19. The normalized spacial score (nSPS) is 14.5. The number of carbonyl (C=O) groups excluding carboxylic acids is 1. The predicted octanol–water partition coefficient (Wildman–Crippen LogP) is 6.44. The summed E-state index contributed by atoms with van der Waals surface area (Å²) in [5.74, 6) is 1.49. The molecule has 1 aliphatic heterocycles. The Morgan fingerprint density at radius 3 is 2.45 bits per heavy atom. The first-order valence-electron chi connectivity index (χ1n) is 14.8. The number of hydrogen-bond donors (Lipinski definition) is 0. The number of esters is 1. The van der Waals surface area contributed by atoms with E-state index in [1.54, 1.807) is 58.4 Å². The number of ether oxygens (including phenoxy) is 5. The van der Waals surface area contributed by atoms with Gasteiger partial charge in [-0.3, -0.25) is 9.36 Å². The van der Waals surface area contributed by atoms with Crippen LogP contribution in [-0.4, -0.2) is 37.5 Å². The number of fused-ring (bicyclic) bond motifs is 1. The van der Waals surface area contributed by atoms with Crippen molar-refractivity contribution in [2.45, 2.75) is 46.4 Å². The van der Waals surface area contributed by atoms with Gasteiger partial charge in [0.15, 0.2) is 27.8 Å². The Morgan fingerprint density at radius 1 is 1.06 bits per heavy atom. The molecule has 0 fully saturated rings. The minimum atomic E-state index is -0.819. The molecular weight excluding hydrogens is 755 g/mol. The van der Waals surface area contributed by atoms with E-state index in [0.29, 0.717) is 54.2 Å². The lowest BCUT2D eigenvalue weighted by Gasteiger charge is -2.25. The molecule has 1 atom stereocenters. The van der Waals surface area contributed by atoms with Gasteiger partial charge in [0.25, 0.3) is 5.56 Å². The number of benzene rings is 3. The Balaban J connectivity index is 1.67. The van der Waals surface area contributed by atoms with Gasteiger partial charge in [-0.25, -0.2) is 9.79 Å². The number of aromatic nitrogens is 1. The van der Waals surface area contributed by atoms with Gasteiger partial charge in [0.05, 0.1) is 48.8 Å². The number of halogens is 2. The summed E-state index contributed by atoms with van der Waals surface area (Å²) in [5.41, 5.74) is 2.63. The van der Waals surface area contributed by atoms with Gasteiger partial charge < -0.3 is 23.7 Å². The Bertz CT molecular complexity index is 2020. The van der Waals surface area contributed by atoms with Crippen LogP contribution in [0.25, 0.3) is 6.08 Å². The minimum absolute atomic E-state index is 0.0793. The van der Waals surface area contributed by atoms with E-state index in [2.05, 4.69) is 22.6 Å². The van der Waals surface area contributed by atoms with Crippen molar-refractivity contribution in [2.75, 3.05) is 20.8 Å². The molecule has 1 aromatic heterocycles. The molecule has 9 nitrogen and oxygen atoms in total. The van der Waals surface area contributed by atoms with Crippen LogP contribution in [0.3, 0.4) is 0 Å². The number of allylic oxidation sites excluding steroid dienone is 1. The molecule has 4 aromatic rings. The zero-order valence-corrected chi connectivity index (χ0v) is 30.5. The Kier molecular flexibility index (Phi) is 11.0. The van der Waals surface area contributed by atoms with Crippen molar-refractivity contribution in [2.24, 2.45) is 4.99 Å². The van der Waals surface area contributed by atoms with E-state index in [0.717, 1.165) is 9.13 Å². The van der Waals surface area contributed by atoms with Crippen LogP contribution in [0.4, 0.5) is 0 Å². The molecule has 246 valence electrons. The lowest BCUT2D eigenvalue weighted by molar-refractivity contribution is -0.139. The standard InChI is InChI=1S/C35H34ClIN2O7S/c1-7-44-34(41)30-20(4)38-35-39(31(30)22-10-13-26(46-19(2)3)27(15-22)42-5)33(40)29(47-35)16-23-14-25(37)17-28(43-6)32(23)45-18-21-8-11-24(36)12-9-21/h8-17,19,31H,7,18H2,1-6H3/b29-16+/t31-/m1/s1. The van der Waals surface area contributed by atoms with Crippen molar-refractivity contribution in [1.82, 2.24) is 4.57 Å². The second-order valence-corrected chi connectivity index (χ2v) is 13.5. The Hall–Kier alpha value is -3.81. The molecule has 0 aliphatic carbocycles. The van der Waals surface area contributed by atoms with Crippen LogP contribution in [0.1, 0.15) is 50.4 Å². The van der Waals surface area contributed by atoms with Gasteiger partial charge in [0.1, 0.15) is 6.61 Å². The van der Waals surface area contributed by atoms with Crippen molar-refractivity contribution < 1.29 is 28.5 Å². The van der Waals surface area contributed by atoms with Crippen molar-refractivity contribution in [1.29, 1.82) is 0 Å². The summed E-state index contributed by atoms with van der Waals surface area (Å²) in [7, 11) is 3.12. The molecule has 47 heavy (non-hydrogen) atoms. The fraction of sp³-hybridized carbons (Fsp3) is 0.286. The van der Waals surface area contributed by atoms with Crippen molar-refractivity contribution in [3.8, 4) is 23.0 Å². The molecular formula is C35H34ClIN2O7S. The highest BCUT2D eigenvalue weighted by atomic mass is 127. The van der Waals surface area contributed by atoms with E-state index in [1.165, 1.54) is 15.9 Å². The zero-order chi connectivity index (χ0) is 33.8. The number of carbonyl (C=O) groups is 1. The third-order valence-electron chi connectivity index (χ3n) is 7.23. The monoisotopic (exact) mass is 788 g/mol. The topological polar surface area (TPSA) is 97.6 Å². The quantitative estimate of drug-likeness (QED) is 0.128. The lowest BCUT2D eigenvalue weighted by Crippen LogP contribution is -2.40. The SMILES string of the molecule is CCOC(=O)C1=C(C)N=c2s/c(=C/c3cc(I)cc(OC)c3OCc3ccc(Cl)cc3)c(=O)n2[C@@H]1c1ccc(OC(C)C)c(OC)c1. The van der Waals surface area contributed by atoms with Crippen LogP contribution in [0.5, 0.6) is 23.0 Å². The second kappa shape index (κ2) is 15.0. The van der Waals surface area contributed by atoms with Gasteiger partial charge in [-0.05, 0) is 104 Å². The van der Waals surface area contributed by atoms with Gasteiger partial charge in [0, 0.05) is 14.2 Å². The third kappa shape index (κ3) is 7.52. The largest absolute Gasteiger partial charge is 0.493 e. The Morgan fingerprint density at radius 2 is 1.79 bits per heavy atom. The van der Waals surface area contributed by atoms with Crippen molar-refractivity contribution in [3.63, 3.8) is 0 Å². The molecule has 0 bridgehead atoms. The maximum Gasteiger partial charge on any atom is 0.338 e. The smallest absolute Gasteiger partial charge is 0.338 e. The Labute approximate surface area is 295 Å². The lowest BCUT2D eigenvalue weighted by atomic mass is 9.95. The first-order valence-corrected chi connectivity index (χ1v) is 17.1. The molecule has 2 heterocycles. The van der Waals surface area contributed by atoms with Crippen LogP contribution < -0.4 is 33.8 Å². The fourth-order valence-corrected chi connectivity index (χ4v) is 6.97. The summed E-state index contributed by atoms with van der Waals surface area (Å²) < 4.78 is 31.8. The van der Waals surface area contributed by atoms with Crippen molar-refractivity contribution in [3.05, 3.63) is 111 Å². The van der Waals surface area contributed by atoms with Crippen LogP contribution >= 0.6 is 45.5 Å². The van der Waals surface area contributed by atoms with Gasteiger partial charge in [-0.1, -0.05) is 41.1 Å². The number of nitrogens with zero attached hydrogens (tertiary/aromatic N) is 2. The van der Waals surface area contributed by atoms with Gasteiger partial charge in [0.2, 0.25) is 0 Å². The van der Waals surface area contributed by atoms with Gasteiger partial charge in [-0.2, -0.15) is 0 Å². The molecule has 0 saturated carbocycles. The molecule has 1 aliphatic rings. The molecule has 0 amide bonds. The third-order valence-corrected chi connectivity index (χ3v) is 9.09. The molecule has 0 N–H and O–H groups in total. The van der Waals surface area contributed by atoms with Gasteiger partial charge >= 0.3 is 5.97 Å². The van der Waals surface area contributed by atoms with Crippen molar-refractivity contribution >= 4 is 57.6 Å². The van der Waals surface area contributed by atoms with Crippen LogP contribution in [0.2, 0.25) is 5.02 Å². The molecule has 3 aromatic carbocycles. The van der Waals surface area contributed by atoms with Crippen LogP contribution in [-0.2, 0) is 16.1 Å². The van der Waals surface area contributed by atoms with Crippen LogP contribution in [0, 0.1) is 3.57 Å². The summed E-state index contributed by atoms with van der Waals surface area (Å²) in [6, 6.07) is 15.7. The van der Waals surface area contributed by atoms with E-state index in [-0.39, 0.29) is 30.5 Å². The summed E-state index contributed by atoms with van der Waals surface area (Å²) in [6.45, 7) is 7.76. The minimum Gasteiger partial charge on any atom is -0.493 e. The molecule has 5 rings (SSSR count). The average Bonchev–Trinajstić information content (AvgIpc) is 3.34. The molecule has 0 saturated heterocycles. The highest BCUT2D eigenvalue weighted by Gasteiger charge is 2.34. The highest BCUT2D eigenvalue weighted by molar-refractivity contribution is 14.1. The average molecular weight is 789 g/mol. The van der Waals surface area contributed by atoms with Crippen LogP contribution in [0.15, 0.2) is 75.7 Å². The number of hydrogen-bond acceptors (Lipinski definition) is 9.